The van der Waals surface area contributed by atoms with E-state index in [1.165, 1.54) is 0 Å². The van der Waals surface area contributed by atoms with Crippen LogP contribution in [0.15, 0.2) is 36.4 Å². The first kappa shape index (κ1) is 18.3. The van der Waals surface area contributed by atoms with Crippen LogP contribution >= 0.6 is 0 Å². The van der Waals surface area contributed by atoms with Crippen LogP contribution in [0, 0.1) is 13.8 Å². The average molecular weight is 331 g/mol. The van der Waals surface area contributed by atoms with Crippen molar-refractivity contribution in [1.29, 1.82) is 0 Å². The standard InChI is InChI=1S/C19H25NO4/c1-13-5-7-17(23-11-21-3)15(9-13)19(20)16-10-14(2)6-8-18(16)24-12-22-4/h5-10,19H,11-12,20H2,1-4H3. The molecule has 5 heteroatoms. The van der Waals surface area contributed by atoms with E-state index in [9.17, 15) is 0 Å². The maximum Gasteiger partial charge on any atom is 0.188 e. The van der Waals surface area contributed by atoms with Crippen molar-refractivity contribution in [3.63, 3.8) is 0 Å². The molecule has 0 radical (unpaired) electrons. The van der Waals surface area contributed by atoms with Crippen molar-refractivity contribution in [3.05, 3.63) is 58.7 Å². The highest BCUT2D eigenvalue weighted by Crippen LogP contribution is 2.34. The van der Waals surface area contributed by atoms with Crippen molar-refractivity contribution in [2.24, 2.45) is 5.73 Å². The van der Waals surface area contributed by atoms with Gasteiger partial charge in [0.15, 0.2) is 13.6 Å². The monoisotopic (exact) mass is 331 g/mol. The number of aryl methyl sites for hydroxylation is 2. The van der Waals surface area contributed by atoms with Crippen LogP contribution in [0.3, 0.4) is 0 Å². The second kappa shape index (κ2) is 8.68. The van der Waals surface area contributed by atoms with E-state index >= 15 is 0 Å². The van der Waals surface area contributed by atoms with Crippen molar-refractivity contribution in [2.45, 2.75) is 19.9 Å². The number of benzene rings is 2. The second-order valence-corrected chi connectivity index (χ2v) is 5.66. The summed E-state index contributed by atoms with van der Waals surface area (Å²) in [5.74, 6) is 1.41. The van der Waals surface area contributed by atoms with Crippen LogP contribution in [0.5, 0.6) is 11.5 Å². The van der Waals surface area contributed by atoms with Crippen LogP contribution in [0.25, 0.3) is 0 Å². The molecule has 0 fully saturated rings. The lowest BCUT2D eigenvalue weighted by Gasteiger charge is -2.21. The van der Waals surface area contributed by atoms with Gasteiger partial charge in [0.1, 0.15) is 11.5 Å². The number of hydrogen-bond donors (Lipinski definition) is 1. The maximum absolute atomic E-state index is 6.56. The molecule has 2 rings (SSSR count). The largest absolute Gasteiger partial charge is 0.467 e. The molecule has 0 amide bonds. The van der Waals surface area contributed by atoms with E-state index in [2.05, 4.69) is 0 Å². The Labute approximate surface area is 143 Å². The Kier molecular flexibility index (Phi) is 6.61. The summed E-state index contributed by atoms with van der Waals surface area (Å²) in [7, 11) is 3.18. The van der Waals surface area contributed by atoms with Gasteiger partial charge in [0, 0.05) is 25.3 Å². The summed E-state index contributed by atoms with van der Waals surface area (Å²) in [4.78, 5) is 0. The quantitative estimate of drug-likeness (QED) is 0.752. The third-order valence-corrected chi connectivity index (χ3v) is 3.67. The third-order valence-electron chi connectivity index (χ3n) is 3.67. The first-order valence-electron chi connectivity index (χ1n) is 7.77. The summed E-state index contributed by atoms with van der Waals surface area (Å²) in [5, 5.41) is 0. The topological polar surface area (TPSA) is 62.9 Å². The Hall–Kier alpha value is -2.08. The van der Waals surface area contributed by atoms with Gasteiger partial charge in [0.25, 0.3) is 0 Å². The van der Waals surface area contributed by atoms with Gasteiger partial charge < -0.3 is 24.7 Å². The highest BCUT2D eigenvalue weighted by molar-refractivity contribution is 5.48. The molecule has 5 nitrogen and oxygen atoms in total. The van der Waals surface area contributed by atoms with Crippen molar-refractivity contribution < 1.29 is 18.9 Å². The van der Waals surface area contributed by atoms with Crippen molar-refractivity contribution >= 4 is 0 Å². The minimum atomic E-state index is -0.386. The van der Waals surface area contributed by atoms with E-state index in [0.29, 0.717) is 11.5 Å². The molecule has 0 aromatic heterocycles. The third kappa shape index (κ3) is 4.47. The second-order valence-electron chi connectivity index (χ2n) is 5.66. The van der Waals surface area contributed by atoms with Crippen LogP contribution in [0.2, 0.25) is 0 Å². The minimum absolute atomic E-state index is 0.170. The summed E-state index contributed by atoms with van der Waals surface area (Å²) >= 11 is 0. The van der Waals surface area contributed by atoms with E-state index in [0.717, 1.165) is 22.3 Å². The minimum Gasteiger partial charge on any atom is -0.467 e. The van der Waals surface area contributed by atoms with E-state index < -0.39 is 0 Å². The molecule has 0 unspecified atom stereocenters. The highest BCUT2D eigenvalue weighted by atomic mass is 16.7. The summed E-state index contributed by atoms with van der Waals surface area (Å²) in [5.41, 5.74) is 10.6. The molecular weight excluding hydrogens is 306 g/mol. The first-order chi connectivity index (χ1) is 11.6. The molecule has 0 heterocycles. The van der Waals surface area contributed by atoms with Gasteiger partial charge in [0.05, 0.1) is 6.04 Å². The van der Waals surface area contributed by atoms with Crippen LogP contribution in [-0.4, -0.2) is 27.8 Å². The zero-order valence-electron chi connectivity index (χ0n) is 14.7. The maximum atomic E-state index is 6.56. The fraction of sp³-hybridized carbons (Fsp3) is 0.368. The summed E-state index contributed by atoms with van der Waals surface area (Å²) < 4.78 is 21.4. The molecule has 0 aliphatic carbocycles. The lowest BCUT2D eigenvalue weighted by atomic mass is 9.95. The predicted octanol–water partition coefficient (Wildman–Crippen LogP) is 3.32. The van der Waals surface area contributed by atoms with Crippen LogP contribution < -0.4 is 15.2 Å². The van der Waals surface area contributed by atoms with Crippen LogP contribution in [0.4, 0.5) is 0 Å². The SMILES string of the molecule is COCOc1ccc(C)cc1C(N)c1cc(C)ccc1OCOC. The van der Waals surface area contributed by atoms with Crippen molar-refractivity contribution in [3.8, 4) is 11.5 Å². The van der Waals surface area contributed by atoms with E-state index in [-0.39, 0.29) is 19.6 Å². The average Bonchev–Trinajstić information content (AvgIpc) is 2.59. The molecule has 0 aliphatic rings. The van der Waals surface area contributed by atoms with Gasteiger partial charge in [-0.15, -0.1) is 0 Å². The van der Waals surface area contributed by atoms with Gasteiger partial charge >= 0.3 is 0 Å². The normalized spacial score (nSPS) is 10.9. The van der Waals surface area contributed by atoms with Gasteiger partial charge in [-0.1, -0.05) is 35.4 Å². The number of ether oxygens (including phenoxy) is 4. The molecule has 24 heavy (non-hydrogen) atoms. The van der Waals surface area contributed by atoms with E-state index in [1.54, 1.807) is 14.2 Å². The van der Waals surface area contributed by atoms with Crippen LogP contribution in [-0.2, 0) is 9.47 Å². The summed E-state index contributed by atoms with van der Waals surface area (Å²) in [6.45, 7) is 4.39. The molecule has 0 saturated carbocycles. The van der Waals surface area contributed by atoms with Gasteiger partial charge in [-0.2, -0.15) is 0 Å². The lowest BCUT2D eigenvalue weighted by Crippen LogP contribution is -2.16. The molecule has 2 N–H and O–H groups in total. The molecule has 0 atom stereocenters. The fourth-order valence-electron chi connectivity index (χ4n) is 2.50. The number of rotatable bonds is 8. The number of methoxy groups -OCH3 is 2. The predicted molar refractivity (Wildman–Crippen MR) is 93.4 cm³/mol. The summed E-state index contributed by atoms with van der Waals surface area (Å²) in [6.07, 6.45) is 0. The highest BCUT2D eigenvalue weighted by Gasteiger charge is 2.19. The molecule has 2 aromatic rings. The Morgan fingerprint density at radius 2 is 1.21 bits per heavy atom. The smallest absolute Gasteiger partial charge is 0.188 e. The molecule has 0 saturated heterocycles. The Morgan fingerprint density at radius 1 is 0.792 bits per heavy atom. The number of hydrogen-bond acceptors (Lipinski definition) is 5. The van der Waals surface area contributed by atoms with Crippen molar-refractivity contribution in [2.75, 3.05) is 27.8 Å². The Balaban J connectivity index is 2.42. The summed E-state index contributed by atoms with van der Waals surface area (Å²) in [6, 6.07) is 11.5. The lowest BCUT2D eigenvalue weighted by molar-refractivity contribution is 0.0493. The van der Waals surface area contributed by atoms with E-state index in [1.807, 2.05) is 50.2 Å². The molecule has 2 aromatic carbocycles. The van der Waals surface area contributed by atoms with E-state index in [4.69, 9.17) is 24.7 Å². The van der Waals surface area contributed by atoms with Gasteiger partial charge in [-0.3, -0.25) is 0 Å². The molecule has 0 aliphatic heterocycles. The molecular formula is C19H25NO4. The fourth-order valence-corrected chi connectivity index (χ4v) is 2.50. The molecule has 0 spiro atoms. The molecule has 0 bridgehead atoms. The van der Waals surface area contributed by atoms with Gasteiger partial charge in [-0.25, -0.2) is 0 Å². The van der Waals surface area contributed by atoms with Gasteiger partial charge in [-0.05, 0) is 26.0 Å². The Bertz CT molecular complexity index is 615. The van der Waals surface area contributed by atoms with Gasteiger partial charge in [0.2, 0.25) is 0 Å². The Morgan fingerprint density at radius 3 is 1.58 bits per heavy atom. The van der Waals surface area contributed by atoms with Crippen LogP contribution in [0.1, 0.15) is 28.3 Å². The first-order valence-corrected chi connectivity index (χ1v) is 7.77. The number of nitrogens with two attached hydrogens (primary N) is 1. The van der Waals surface area contributed by atoms with Crippen molar-refractivity contribution in [1.82, 2.24) is 0 Å². The zero-order valence-corrected chi connectivity index (χ0v) is 14.7. The molecule has 130 valence electrons. The zero-order chi connectivity index (χ0) is 17.5.